The Bertz CT molecular complexity index is 912. The van der Waals surface area contributed by atoms with E-state index in [2.05, 4.69) is 0 Å². The summed E-state index contributed by atoms with van der Waals surface area (Å²) in [5.41, 5.74) is -1.04. The molecule has 0 bridgehead atoms. The van der Waals surface area contributed by atoms with Gasteiger partial charge in [0, 0.05) is 11.0 Å². The van der Waals surface area contributed by atoms with Crippen molar-refractivity contribution in [1.82, 2.24) is 0 Å². The van der Waals surface area contributed by atoms with Crippen molar-refractivity contribution in [3.63, 3.8) is 0 Å². The third kappa shape index (κ3) is 11.8. The lowest BCUT2D eigenvalue weighted by molar-refractivity contribution is 0.470. The second-order valence-electron chi connectivity index (χ2n) is 4.98. The predicted octanol–water partition coefficient (Wildman–Crippen LogP) is 2.30. The van der Waals surface area contributed by atoms with Crippen molar-refractivity contribution in [2.45, 2.75) is 0 Å². The summed E-state index contributed by atoms with van der Waals surface area (Å²) in [6.07, 6.45) is 0. The minimum absolute atomic E-state index is 0. The van der Waals surface area contributed by atoms with Crippen LogP contribution in [-0.4, -0.2) is 26.3 Å². The molecular formula is C21H19ClO6Si. The second-order valence-corrected chi connectivity index (χ2v) is 4.98. The van der Waals surface area contributed by atoms with E-state index in [9.17, 15) is 14.4 Å². The molecule has 3 rings (SSSR count). The zero-order chi connectivity index (χ0) is 20.1. The molecule has 0 saturated heterocycles. The Morgan fingerprint density at radius 2 is 0.621 bits per heavy atom. The first-order valence-electron chi connectivity index (χ1n) is 7.77. The van der Waals surface area contributed by atoms with Gasteiger partial charge in [-0.3, -0.25) is 14.4 Å². The molecule has 8 heteroatoms. The van der Waals surface area contributed by atoms with Gasteiger partial charge >= 0.3 is 0 Å². The van der Waals surface area contributed by atoms with Crippen LogP contribution in [0.1, 0.15) is 0 Å². The highest BCUT2D eigenvalue weighted by Gasteiger charge is 1.87. The van der Waals surface area contributed by atoms with Crippen molar-refractivity contribution < 1.29 is 15.3 Å². The minimum atomic E-state index is -0.347. The summed E-state index contributed by atoms with van der Waals surface area (Å²) < 4.78 is 0. The number of halogens is 1. The van der Waals surface area contributed by atoms with Gasteiger partial charge in [0.1, 0.15) is 0 Å². The number of hydrogen-bond acceptors (Lipinski definition) is 6. The van der Waals surface area contributed by atoms with Gasteiger partial charge in [0.25, 0.3) is 0 Å². The van der Waals surface area contributed by atoms with E-state index in [1.54, 1.807) is 54.6 Å². The quantitative estimate of drug-likeness (QED) is 0.472. The van der Waals surface area contributed by atoms with Crippen LogP contribution in [0, 0.1) is 0 Å². The molecule has 3 aromatic rings. The van der Waals surface area contributed by atoms with Crippen molar-refractivity contribution in [2.24, 2.45) is 0 Å². The molecule has 6 nitrogen and oxygen atoms in total. The molecule has 0 heterocycles. The Hall–Kier alpha value is -3.42. The van der Waals surface area contributed by atoms with Gasteiger partial charge in [-0.05, 0) is 36.4 Å². The lowest BCUT2D eigenvalue weighted by atomic mass is 10.5. The van der Waals surface area contributed by atoms with E-state index in [1.807, 2.05) is 0 Å². The van der Waals surface area contributed by atoms with Crippen LogP contribution in [0.5, 0.6) is 17.2 Å². The van der Waals surface area contributed by atoms with Gasteiger partial charge in [-0.2, -0.15) is 0 Å². The molecule has 0 fully saturated rings. The summed E-state index contributed by atoms with van der Waals surface area (Å²) in [5, 5.41) is 26.3. The molecule has 0 saturated carbocycles. The number of rotatable bonds is 0. The minimum Gasteiger partial charge on any atom is -0.504 e. The fourth-order valence-electron chi connectivity index (χ4n) is 1.56. The summed E-state index contributed by atoms with van der Waals surface area (Å²) in [7, 11) is 0. The zero-order valence-electron chi connectivity index (χ0n) is 15.1. The molecule has 0 aromatic heterocycles. The first-order valence-corrected chi connectivity index (χ1v) is 7.77. The largest absolute Gasteiger partial charge is 0.504 e. The lowest BCUT2D eigenvalue weighted by Gasteiger charge is -1.74. The smallest absolute Gasteiger partial charge is 0.220 e. The molecule has 150 valence electrons. The third-order valence-electron chi connectivity index (χ3n) is 2.93. The van der Waals surface area contributed by atoms with Gasteiger partial charge in [0.05, 0.1) is 0 Å². The van der Waals surface area contributed by atoms with Crippen LogP contribution in [0.2, 0.25) is 0 Å². The van der Waals surface area contributed by atoms with Crippen LogP contribution in [0.25, 0.3) is 0 Å². The normalized spacial score (nSPS) is 8.28. The van der Waals surface area contributed by atoms with Crippen molar-refractivity contribution in [3.05, 3.63) is 122 Å². The summed E-state index contributed by atoms with van der Waals surface area (Å²) >= 11 is 0. The van der Waals surface area contributed by atoms with Crippen LogP contribution in [0.15, 0.2) is 105 Å². The molecule has 29 heavy (non-hydrogen) atoms. The van der Waals surface area contributed by atoms with Crippen molar-refractivity contribution in [1.29, 1.82) is 0 Å². The fraction of sp³-hybridized carbons (Fsp3) is 0. The Morgan fingerprint density at radius 1 is 0.414 bits per heavy atom. The van der Waals surface area contributed by atoms with Crippen molar-refractivity contribution in [3.8, 4) is 17.2 Å². The Balaban J connectivity index is 0. The summed E-state index contributed by atoms with van der Waals surface area (Å²) in [6.45, 7) is 0. The van der Waals surface area contributed by atoms with E-state index in [0.29, 0.717) is 0 Å². The average molecular weight is 431 g/mol. The lowest BCUT2D eigenvalue weighted by Crippen LogP contribution is -1.90. The molecule has 3 aromatic carbocycles. The van der Waals surface area contributed by atoms with Gasteiger partial charge < -0.3 is 15.3 Å². The maximum Gasteiger partial charge on any atom is 0.220 e. The van der Waals surface area contributed by atoms with Crippen LogP contribution >= 0.6 is 12.4 Å². The molecule has 4 radical (unpaired) electrons. The van der Waals surface area contributed by atoms with E-state index in [0.717, 1.165) is 0 Å². The topological polar surface area (TPSA) is 112 Å². The highest BCUT2D eigenvalue weighted by molar-refractivity contribution is 5.85. The summed E-state index contributed by atoms with van der Waals surface area (Å²) in [4.78, 5) is 31.7. The molecule has 0 aliphatic carbocycles. The zero-order valence-corrected chi connectivity index (χ0v) is 17.0. The van der Waals surface area contributed by atoms with E-state index in [-0.39, 0.29) is 56.9 Å². The van der Waals surface area contributed by atoms with Gasteiger partial charge in [0.2, 0.25) is 16.3 Å². The standard InChI is InChI=1S/3C7H6O2.ClH.Si/c3*8-6-4-2-1-3-5-7(6)9;;/h3*1-5H,(H,8,9);1H;. The van der Waals surface area contributed by atoms with Gasteiger partial charge in [-0.25, -0.2) is 0 Å². The van der Waals surface area contributed by atoms with E-state index in [4.69, 9.17) is 15.3 Å². The van der Waals surface area contributed by atoms with E-state index >= 15 is 0 Å². The first-order chi connectivity index (χ1) is 12.9. The second kappa shape index (κ2) is 15.6. The maximum atomic E-state index is 10.6. The highest BCUT2D eigenvalue weighted by Crippen LogP contribution is 1.95. The van der Waals surface area contributed by atoms with Gasteiger partial charge in [0.15, 0.2) is 17.2 Å². The molecule has 3 N–H and O–H groups in total. The molecule has 0 unspecified atom stereocenters. The van der Waals surface area contributed by atoms with Crippen LogP contribution in [0.3, 0.4) is 0 Å². The molecule has 0 spiro atoms. The molecule has 0 aliphatic rings. The Morgan fingerprint density at radius 3 is 0.862 bits per heavy atom. The van der Waals surface area contributed by atoms with Crippen LogP contribution < -0.4 is 16.3 Å². The fourth-order valence-corrected chi connectivity index (χ4v) is 1.56. The summed E-state index contributed by atoms with van der Waals surface area (Å²) in [6, 6.07) is 22.7. The SMILES string of the molecule is Cl.O=c1cccccc1O.O=c1cccccc1O.O=c1cccccc1O.[Si]. The third-order valence-corrected chi connectivity index (χ3v) is 2.93. The number of hydrogen-bond donors (Lipinski definition) is 3. The molecule has 0 amide bonds. The molecule has 0 atom stereocenters. The van der Waals surface area contributed by atoms with Gasteiger partial charge in [-0.15, -0.1) is 12.4 Å². The Kier molecular flexibility index (Phi) is 15.0. The highest BCUT2D eigenvalue weighted by atomic mass is 35.5. The summed E-state index contributed by atoms with van der Waals surface area (Å²) in [5.74, 6) is -0.625. The van der Waals surface area contributed by atoms with E-state index < -0.39 is 0 Å². The first kappa shape index (κ1) is 27.8. The van der Waals surface area contributed by atoms with Crippen molar-refractivity contribution >= 4 is 23.4 Å². The average Bonchev–Trinajstić information content (AvgIpc) is 3.04. The predicted molar refractivity (Wildman–Crippen MR) is 116 cm³/mol. The maximum absolute atomic E-state index is 10.6. The van der Waals surface area contributed by atoms with Crippen molar-refractivity contribution in [2.75, 3.05) is 0 Å². The van der Waals surface area contributed by atoms with E-state index in [1.165, 1.54) is 36.4 Å². The van der Waals surface area contributed by atoms with Crippen LogP contribution in [0.4, 0.5) is 0 Å². The van der Waals surface area contributed by atoms with Gasteiger partial charge in [-0.1, -0.05) is 54.6 Å². The molecule has 0 aliphatic heterocycles. The Labute approximate surface area is 177 Å². The monoisotopic (exact) mass is 430 g/mol. The van der Waals surface area contributed by atoms with Crippen LogP contribution in [-0.2, 0) is 0 Å². The molecular weight excluding hydrogens is 412 g/mol. The number of aromatic hydroxyl groups is 3.